The molecule has 0 aromatic rings. The zero-order valence-corrected chi connectivity index (χ0v) is 7.23. The van der Waals surface area contributed by atoms with E-state index in [0.717, 1.165) is 25.7 Å². The average molecular weight is 175 g/mol. The first-order valence-electron chi connectivity index (χ1n) is 3.63. The quantitative estimate of drug-likeness (QED) is 0.493. The van der Waals surface area contributed by atoms with Crippen molar-refractivity contribution < 1.29 is 9.53 Å². The third-order valence-corrected chi connectivity index (χ3v) is 1.45. The van der Waals surface area contributed by atoms with Crippen molar-refractivity contribution in [3.63, 3.8) is 0 Å². The molecule has 0 fully saturated rings. The summed E-state index contributed by atoms with van der Waals surface area (Å²) in [6, 6.07) is 0. The van der Waals surface area contributed by atoms with Crippen molar-refractivity contribution in [2.75, 3.05) is 6.61 Å². The highest BCUT2D eigenvalue weighted by molar-refractivity contribution is 7.78. The van der Waals surface area contributed by atoms with E-state index < -0.39 is 6.09 Å². The first-order chi connectivity index (χ1) is 5.27. The summed E-state index contributed by atoms with van der Waals surface area (Å²) >= 11 is 4.64. The molecular weight excluding hydrogens is 162 g/mol. The molecular formula is C7H13NO2S. The average Bonchev–Trinajstić information content (AvgIpc) is 1.96. The molecule has 0 aliphatic heterocycles. The first-order valence-corrected chi connectivity index (χ1v) is 4.10. The van der Waals surface area contributed by atoms with Crippen LogP contribution in [0.15, 0.2) is 0 Å². The van der Waals surface area contributed by atoms with Gasteiger partial charge in [0.1, 0.15) is 0 Å². The first kappa shape index (κ1) is 10.4. The van der Waals surface area contributed by atoms with Crippen molar-refractivity contribution in [2.24, 2.45) is 5.73 Å². The van der Waals surface area contributed by atoms with Gasteiger partial charge in [-0.05, 0) is 31.1 Å². The minimum Gasteiger partial charge on any atom is -0.450 e. The lowest BCUT2D eigenvalue weighted by Crippen LogP contribution is -2.13. The van der Waals surface area contributed by atoms with Gasteiger partial charge in [-0.3, -0.25) is 0 Å². The molecule has 0 aliphatic rings. The third-order valence-electron chi connectivity index (χ3n) is 1.21. The largest absolute Gasteiger partial charge is 0.450 e. The topological polar surface area (TPSA) is 52.3 Å². The number of thiocarbonyl (C=S) groups is 1. The van der Waals surface area contributed by atoms with Gasteiger partial charge in [0.2, 0.25) is 0 Å². The van der Waals surface area contributed by atoms with E-state index in [9.17, 15) is 4.79 Å². The van der Waals surface area contributed by atoms with Crippen LogP contribution in [0.1, 0.15) is 25.7 Å². The van der Waals surface area contributed by atoms with Crippen molar-refractivity contribution >= 4 is 23.7 Å². The van der Waals surface area contributed by atoms with Gasteiger partial charge in [-0.15, -0.1) is 0 Å². The van der Waals surface area contributed by atoms with E-state index in [4.69, 9.17) is 5.73 Å². The molecule has 0 radical (unpaired) electrons. The van der Waals surface area contributed by atoms with Gasteiger partial charge in [0, 0.05) is 0 Å². The molecule has 3 nitrogen and oxygen atoms in total. The van der Waals surface area contributed by atoms with E-state index in [2.05, 4.69) is 17.0 Å². The summed E-state index contributed by atoms with van der Waals surface area (Å²) in [5, 5.41) is 1.72. The van der Waals surface area contributed by atoms with E-state index in [1.54, 1.807) is 5.37 Å². The Bertz CT molecular complexity index is 128. The van der Waals surface area contributed by atoms with Crippen LogP contribution >= 0.6 is 12.2 Å². The molecule has 0 saturated heterocycles. The zero-order valence-electron chi connectivity index (χ0n) is 6.41. The smallest absolute Gasteiger partial charge is 0.404 e. The van der Waals surface area contributed by atoms with Gasteiger partial charge in [-0.1, -0.05) is 12.2 Å². The van der Waals surface area contributed by atoms with E-state index >= 15 is 0 Å². The van der Waals surface area contributed by atoms with Crippen LogP contribution < -0.4 is 5.73 Å². The molecule has 0 rings (SSSR count). The van der Waals surface area contributed by atoms with E-state index in [1.165, 1.54) is 0 Å². The highest BCUT2D eigenvalue weighted by Crippen LogP contribution is 1.98. The molecule has 0 aliphatic carbocycles. The number of hydrogen-bond donors (Lipinski definition) is 1. The molecule has 64 valence electrons. The molecule has 0 spiro atoms. The lowest BCUT2D eigenvalue weighted by atomic mass is 10.2. The molecule has 0 saturated carbocycles. The Morgan fingerprint density at radius 1 is 1.45 bits per heavy atom. The van der Waals surface area contributed by atoms with Crippen LogP contribution in [0.3, 0.4) is 0 Å². The molecule has 11 heavy (non-hydrogen) atoms. The molecule has 0 unspecified atom stereocenters. The molecule has 0 atom stereocenters. The van der Waals surface area contributed by atoms with Crippen LogP contribution in [0, 0.1) is 0 Å². The normalized spacial score (nSPS) is 9.09. The minimum absolute atomic E-state index is 0.423. The lowest BCUT2D eigenvalue weighted by Gasteiger charge is -1.99. The highest BCUT2D eigenvalue weighted by Gasteiger charge is 1.92. The molecule has 1 amide bonds. The predicted octanol–water partition coefficient (Wildman–Crippen LogP) is 1.64. The summed E-state index contributed by atoms with van der Waals surface area (Å²) in [6.45, 7) is 0.423. The Morgan fingerprint density at radius 2 is 2.18 bits per heavy atom. The Hall–Kier alpha value is -0.640. The van der Waals surface area contributed by atoms with Crippen LogP contribution in [-0.4, -0.2) is 18.1 Å². The number of primary amides is 1. The van der Waals surface area contributed by atoms with Crippen LogP contribution in [0.5, 0.6) is 0 Å². The number of hydrogen-bond acceptors (Lipinski definition) is 3. The van der Waals surface area contributed by atoms with Crippen molar-refractivity contribution in [3.05, 3.63) is 0 Å². The Morgan fingerprint density at radius 3 is 2.73 bits per heavy atom. The zero-order chi connectivity index (χ0) is 8.53. The fourth-order valence-corrected chi connectivity index (χ4v) is 0.846. The molecule has 0 aromatic heterocycles. The van der Waals surface area contributed by atoms with Gasteiger partial charge in [0.25, 0.3) is 0 Å². The maximum atomic E-state index is 10.1. The highest BCUT2D eigenvalue weighted by atomic mass is 32.1. The van der Waals surface area contributed by atoms with Crippen molar-refractivity contribution in [1.82, 2.24) is 0 Å². The second-order valence-electron chi connectivity index (χ2n) is 2.18. The fourth-order valence-electron chi connectivity index (χ4n) is 0.679. The van der Waals surface area contributed by atoms with Gasteiger partial charge in [-0.2, -0.15) is 0 Å². The van der Waals surface area contributed by atoms with Crippen LogP contribution in [0.25, 0.3) is 0 Å². The number of carbonyl (C=O) groups excluding carboxylic acids is 1. The summed E-state index contributed by atoms with van der Waals surface area (Å²) in [5.74, 6) is 0. The van der Waals surface area contributed by atoms with Gasteiger partial charge in [0.05, 0.1) is 6.61 Å². The number of amides is 1. The summed E-state index contributed by atoms with van der Waals surface area (Å²) in [4.78, 5) is 10.1. The van der Waals surface area contributed by atoms with E-state index in [1.807, 2.05) is 0 Å². The number of nitrogens with two attached hydrogens (primary N) is 1. The maximum Gasteiger partial charge on any atom is 0.404 e. The summed E-state index contributed by atoms with van der Waals surface area (Å²) in [5.41, 5.74) is 4.75. The molecule has 0 heterocycles. The van der Waals surface area contributed by atoms with Gasteiger partial charge < -0.3 is 10.5 Å². The third kappa shape index (κ3) is 9.36. The van der Waals surface area contributed by atoms with Crippen molar-refractivity contribution in [1.29, 1.82) is 0 Å². The molecule has 0 aromatic carbocycles. The number of carbonyl (C=O) groups is 1. The van der Waals surface area contributed by atoms with Crippen LogP contribution in [0.2, 0.25) is 0 Å². The van der Waals surface area contributed by atoms with Crippen LogP contribution in [0.4, 0.5) is 4.79 Å². The SMILES string of the molecule is NC(=O)OCCCCCC=S. The van der Waals surface area contributed by atoms with E-state index in [-0.39, 0.29) is 0 Å². The van der Waals surface area contributed by atoms with E-state index in [0.29, 0.717) is 6.61 Å². The fraction of sp³-hybridized carbons (Fsp3) is 0.714. The number of rotatable bonds is 6. The minimum atomic E-state index is -0.695. The molecule has 4 heteroatoms. The van der Waals surface area contributed by atoms with Gasteiger partial charge >= 0.3 is 6.09 Å². The molecule has 0 bridgehead atoms. The predicted molar refractivity (Wildman–Crippen MR) is 47.7 cm³/mol. The molecule has 2 N–H and O–H groups in total. The monoisotopic (exact) mass is 175 g/mol. The summed E-state index contributed by atoms with van der Waals surface area (Å²) < 4.78 is 4.52. The van der Waals surface area contributed by atoms with Crippen molar-refractivity contribution in [2.45, 2.75) is 25.7 Å². The van der Waals surface area contributed by atoms with Crippen molar-refractivity contribution in [3.8, 4) is 0 Å². The number of unbranched alkanes of at least 4 members (excludes halogenated alkanes) is 3. The summed E-state index contributed by atoms with van der Waals surface area (Å²) in [7, 11) is 0. The second kappa shape index (κ2) is 7.47. The number of ether oxygens (including phenoxy) is 1. The standard InChI is InChI=1S/C7H13NO2S/c8-7(9)10-5-3-1-2-4-6-11/h6H,1-5H2,(H2,8,9). The Kier molecular flexibility index (Phi) is 7.03. The maximum absolute atomic E-state index is 10.1. The Balaban J connectivity index is 2.90. The lowest BCUT2D eigenvalue weighted by molar-refractivity contribution is 0.154. The second-order valence-corrected chi connectivity index (χ2v) is 2.52. The van der Waals surface area contributed by atoms with Crippen LogP contribution in [-0.2, 0) is 4.74 Å². The summed E-state index contributed by atoms with van der Waals surface area (Å²) in [6.07, 6.45) is 3.21. The van der Waals surface area contributed by atoms with Gasteiger partial charge in [0.15, 0.2) is 0 Å². The Labute approximate surface area is 71.9 Å². The van der Waals surface area contributed by atoms with Gasteiger partial charge in [-0.25, -0.2) is 4.79 Å².